The highest BCUT2D eigenvalue weighted by molar-refractivity contribution is 7.99. The average molecular weight is 229 g/mol. The molecule has 1 rings (SSSR count). The molecular formula is C12H23NOS. The zero-order valence-corrected chi connectivity index (χ0v) is 10.5. The summed E-state index contributed by atoms with van der Waals surface area (Å²) < 4.78 is 5.82. The Morgan fingerprint density at radius 3 is 3.13 bits per heavy atom. The first kappa shape index (κ1) is 13.1. The number of hydrogen-bond acceptors (Lipinski definition) is 3. The van der Waals surface area contributed by atoms with Crippen LogP contribution in [0.25, 0.3) is 0 Å². The molecule has 0 bridgehead atoms. The summed E-state index contributed by atoms with van der Waals surface area (Å²) in [5.74, 6) is 2.29. The molecule has 2 unspecified atom stereocenters. The first-order valence-corrected chi connectivity index (χ1v) is 7.07. The van der Waals surface area contributed by atoms with E-state index in [1.165, 1.54) is 6.42 Å². The van der Waals surface area contributed by atoms with E-state index in [4.69, 9.17) is 4.74 Å². The molecule has 0 aromatic carbocycles. The van der Waals surface area contributed by atoms with Gasteiger partial charge in [0.15, 0.2) is 0 Å². The van der Waals surface area contributed by atoms with E-state index in [1.807, 2.05) is 17.8 Å². The van der Waals surface area contributed by atoms with Crippen LogP contribution in [0.3, 0.4) is 0 Å². The maximum Gasteiger partial charge on any atom is 0.0818 e. The fourth-order valence-corrected chi connectivity index (χ4v) is 2.73. The lowest BCUT2D eigenvalue weighted by Crippen LogP contribution is -2.45. The van der Waals surface area contributed by atoms with E-state index in [0.717, 1.165) is 37.5 Å². The van der Waals surface area contributed by atoms with Crippen LogP contribution in [-0.2, 0) is 4.74 Å². The minimum atomic E-state index is 0.398. The van der Waals surface area contributed by atoms with Crippen molar-refractivity contribution in [1.82, 2.24) is 5.32 Å². The molecule has 0 aliphatic carbocycles. The van der Waals surface area contributed by atoms with Crippen molar-refractivity contribution in [3.05, 3.63) is 12.7 Å². The number of allylic oxidation sites excluding steroid dienone is 1. The Hall–Kier alpha value is 0.01000. The van der Waals surface area contributed by atoms with Crippen LogP contribution in [0.4, 0.5) is 0 Å². The molecule has 3 heteroatoms. The SMILES string of the molecule is C=CCCC(NCCC)C1CSCCO1. The normalized spacial score (nSPS) is 23.7. The minimum Gasteiger partial charge on any atom is -0.375 e. The van der Waals surface area contributed by atoms with Gasteiger partial charge in [-0.3, -0.25) is 0 Å². The van der Waals surface area contributed by atoms with E-state index in [9.17, 15) is 0 Å². The third kappa shape index (κ3) is 5.05. The van der Waals surface area contributed by atoms with Gasteiger partial charge in [0.2, 0.25) is 0 Å². The Bertz CT molecular complexity index is 169. The number of nitrogens with one attached hydrogen (secondary N) is 1. The summed E-state index contributed by atoms with van der Waals surface area (Å²) in [6.45, 7) is 7.99. The highest BCUT2D eigenvalue weighted by Gasteiger charge is 2.23. The van der Waals surface area contributed by atoms with Crippen LogP contribution in [0.2, 0.25) is 0 Å². The largest absolute Gasteiger partial charge is 0.375 e. The van der Waals surface area contributed by atoms with Crippen LogP contribution in [0.15, 0.2) is 12.7 Å². The van der Waals surface area contributed by atoms with Crippen molar-refractivity contribution in [2.45, 2.75) is 38.3 Å². The highest BCUT2D eigenvalue weighted by Crippen LogP contribution is 2.18. The van der Waals surface area contributed by atoms with E-state index >= 15 is 0 Å². The van der Waals surface area contributed by atoms with Gasteiger partial charge in [-0.2, -0.15) is 11.8 Å². The Morgan fingerprint density at radius 2 is 2.53 bits per heavy atom. The standard InChI is InChI=1S/C12H23NOS/c1-3-5-6-11(13-7-4-2)12-10-15-9-8-14-12/h3,11-13H,1,4-10H2,2H3. The van der Waals surface area contributed by atoms with Gasteiger partial charge in [-0.1, -0.05) is 13.0 Å². The Morgan fingerprint density at radius 1 is 1.67 bits per heavy atom. The van der Waals surface area contributed by atoms with Gasteiger partial charge in [-0.05, 0) is 25.8 Å². The minimum absolute atomic E-state index is 0.398. The van der Waals surface area contributed by atoms with Crippen molar-refractivity contribution >= 4 is 11.8 Å². The average Bonchev–Trinajstić information content (AvgIpc) is 2.30. The van der Waals surface area contributed by atoms with E-state index in [-0.39, 0.29) is 0 Å². The molecule has 1 saturated heterocycles. The predicted octanol–water partition coefficient (Wildman–Crippen LogP) is 2.45. The van der Waals surface area contributed by atoms with Gasteiger partial charge >= 0.3 is 0 Å². The second-order valence-corrected chi connectivity index (χ2v) is 5.06. The van der Waals surface area contributed by atoms with E-state index in [2.05, 4.69) is 18.8 Å². The van der Waals surface area contributed by atoms with Crippen molar-refractivity contribution in [2.75, 3.05) is 24.7 Å². The second kappa shape index (κ2) is 8.20. The molecule has 15 heavy (non-hydrogen) atoms. The summed E-state index contributed by atoms with van der Waals surface area (Å²) in [7, 11) is 0. The highest BCUT2D eigenvalue weighted by atomic mass is 32.2. The Balaban J connectivity index is 2.33. The molecule has 2 nitrogen and oxygen atoms in total. The van der Waals surface area contributed by atoms with Crippen molar-refractivity contribution < 1.29 is 4.74 Å². The van der Waals surface area contributed by atoms with Gasteiger partial charge in [0.1, 0.15) is 0 Å². The number of hydrogen-bond donors (Lipinski definition) is 1. The molecule has 1 aliphatic heterocycles. The summed E-state index contributed by atoms with van der Waals surface area (Å²) in [6.07, 6.45) is 5.80. The topological polar surface area (TPSA) is 21.3 Å². The molecule has 0 saturated carbocycles. The van der Waals surface area contributed by atoms with E-state index < -0.39 is 0 Å². The molecule has 0 radical (unpaired) electrons. The van der Waals surface area contributed by atoms with E-state index in [1.54, 1.807) is 0 Å². The van der Waals surface area contributed by atoms with E-state index in [0.29, 0.717) is 12.1 Å². The number of rotatable bonds is 7. The smallest absolute Gasteiger partial charge is 0.0818 e. The zero-order chi connectivity index (χ0) is 10.9. The molecule has 1 aliphatic rings. The van der Waals surface area contributed by atoms with Crippen molar-refractivity contribution in [1.29, 1.82) is 0 Å². The quantitative estimate of drug-likeness (QED) is 0.678. The zero-order valence-electron chi connectivity index (χ0n) is 9.71. The second-order valence-electron chi connectivity index (χ2n) is 3.91. The van der Waals surface area contributed by atoms with Crippen LogP contribution >= 0.6 is 11.8 Å². The van der Waals surface area contributed by atoms with Crippen molar-refractivity contribution in [2.24, 2.45) is 0 Å². The van der Waals surface area contributed by atoms with Crippen molar-refractivity contribution in [3.8, 4) is 0 Å². The molecular weight excluding hydrogens is 206 g/mol. The van der Waals surface area contributed by atoms with Crippen LogP contribution in [-0.4, -0.2) is 36.8 Å². The van der Waals surface area contributed by atoms with Crippen LogP contribution < -0.4 is 5.32 Å². The lowest BCUT2D eigenvalue weighted by Gasteiger charge is -2.30. The Labute approximate surface area is 97.8 Å². The van der Waals surface area contributed by atoms with Gasteiger partial charge in [-0.25, -0.2) is 0 Å². The van der Waals surface area contributed by atoms with Crippen LogP contribution in [0.5, 0.6) is 0 Å². The third-order valence-corrected chi connectivity index (χ3v) is 3.65. The first-order valence-electron chi connectivity index (χ1n) is 5.92. The molecule has 0 amide bonds. The van der Waals surface area contributed by atoms with Gasteiger partial charge in [0, 0.05) is 17.5 Å². The lowest BCUT2D eigenvalue weighted by molar-refractivity contribution is 0.0451. The van der Waals surface area contributed by atoms with Gasteiger partial charge in [0.25, 0.3) is 0 Å². The predicted molar refractivity (Wildman–Crippen MR) is 68.6 cm³/mol. The number of ether oxygens (including phenoxy) is 1. The summed E-state index contributed by atoms with van der Waals surface area (Å²) in [5, 5.41) is 3.59. The van der Waals surface area contributed by atoms with Crippen LogP contribution in [0.1, 0.15) is 26.2 Å². The summed E-state index contributed by atoms with van der Waals surface area (Å²) in [6, 6.07) is 0.510. The van der Waals surface area contributed by atoms with Crippen LogP contribution in [0, 0.1) is 0 Å². The van der Waals surface area contributed by atoms with Gasteiger partial charge < -0.3 is 10.1 Å². The molecule has 0 aromatic heterocycles. The molecule has 1 fully saturated rings. The first-order chi connectivity index (χ1) is 7.38. The monoisotopic (exact) mass is 229 g/mol. The number of thioether (sulfide) groups is 1. The summed E-state index contributed by atoms with van der Waals surface area (Å²) in [4.78, 5) is 0. The Kier molecular flexibility index (Phi) is 7.14. The van der Waals surface area contributed by atoms with Gasteiger partial charge in [0.05, 0.1) is 12.7 Å². The maximum atomic E-state index is 5.82. The fraction of sp³-hybridized carbons (Fsp3) is 0.833. The summed E-state index contributed by atoms with van der Waals surface area (Å²) >= 11 is 2.01. The van der Waals surface area contributed by atoms with Crippen molar-refractivity contribution in [3.63, 3.8) is 0 Å². The molecule has 0 spiro atoms. The molecule has 1 N–H and O–H groups in total. The van der Waals surface area contributed by atoms with Gasteiger partial charge in [-0.15, -0.1) is 6.58 Å². The molecule has 88 valence electrons. The fourth-order valence-electron chi connectivity index (χ4n) is 1.78. The maximum absolute atomic E-state index is 5.82. The lowest BCUT2D eigenvalue weighted by atomic mass is 10.1. The molecule has 0 aromatic rings. The molecule has 2 atom stereocenters. The summed E-state index contributed by atoms with van der Waals surface area (Å²) in [5.41, 5.74) is 0. The third-order valence-electron chi connectivity index (χ3n) is 2.63. The molecule has 1 heterocycles.